The van der Waals surface area contributed by atoms with Gasteiger partial charge in [-0.2, -0.15) is 4.31 Å². The number of nitrogens with zero attached hydrogens (tertiary/aromatic N) is 3. The van der Waals surface area contributed by atoms with E-state index in [-0.39, 0.29) is 17.3 Å². The quantitative estimate of drug-likeness (QED) is 0.697. The van der Waals surface area contributed by atoms with Crippen LogP contribution in [0.1, 0.15) is 55.6 Å². The molecule has 0 bridgehead atoms. The molecule has 2 aliphatic heterocycles. The maximum Gasteiger partial charge on any atom is 0.251 e. The van der Waals surface area contributed by atoms with E-state index in [1.807, 2.05) is 24.3 Å². The molecule has 2 aliphatic rings. The van der Waals surface area contributed by atoms with E-state index in [0.717, 1.165) is 44.5 Å². The highest BCUT2D eigenvalue weighted by atomic mass is 32.2. The van der Waals surface area contributed by atoms with Crippen LogP contribution in [0.2, 0.25) is 0 Å². The van der Waals surface area contributed by atoms with Crippen molar-refractivity contribution in [3.63, 3.8) is 0 Å². The van der Waals surface area contributed by atoms with Crippen molar-refractivity contribution < 1.29 is 13.2 Å². The number of pyridine rings is 1. The first-order valence-corrected chi connectivity index (χ1v) is 13.4. The first-order valence-electron chi connectivity index (χ1n) is 11.9. The van der Waals surface area contributed by atoms with Gasteiger partial charge in [-0.15, -0.1) is 0 Å². The molecule has 8 heteroatoms. The van der Waals surface area contributed by atoms with Gasteiger partial charge >= 0.3 is 0 Å². The zero-order valence-corrected chi connectivity index (χ0v) is 20.4. The number of anilines is 1. The fourth-order valence-electron chi connectivity index (χ4n) is 4.51. The van der Waals surface area contributed by atoms with Gasteiger partial charge in [-0.1, -0.05) is 19.9 Å². The number of carbonyl (C=O) groups is 1. The minimum absolute atomic E-state index is 0.247. The third kappa shape index (κ3) is 5.55. The minimum atomic E-state index is -3.70. The molecule has 1 aromatic heterocycles. The third-order valence-electron chi connectivity index (χ3n) is 6.86. The first kappa shape index (κ1) is 23.7. The second-order valence-corrected chi connectivity index (χ2v) is 11.3. The van der Waals surface area contributed by atoms with Crippen LogP contribution in [0.25, 0.3) is 0 Å². The Morgan fingerprint density at radius 1 is 1.00 bits per heavy atom. The molecule has 2 saturated heterocycles. The van der Waals surface area contributed by atoms with E-state index in [1.54, 1.807) is 22.6 Å². The summed E-state index contributed by atoms with van der Waals surface area (Å²) in [4.78, 5) is 19.5. The Balaban J connectivity index is 1.62. The molecule has 2 aromatic rings. The Hall–Kier alpha value is -2.45. The number of hydrogen-bond acceptors (Lipinski definition) is 5. The predicted molar refractivity (Wildman–Crippen MR) is 130 cm³/mol. The largest absolute Gasteiger partial charge is 0.370 e. The Morgan fingerprint density at radius 2 is 1.67 bits per heavy atom. The molecule has 1 N–H and O–H groups in total. The lowest BCUT2D eigenvalue weighted by Gasteiger charge is -2.35. The van der Waals surface area contributed by atoms with Gasteiger partial charge < -0.3 is 10.2 Å². The molecule has 0 aliphatic carbocycles. The summed E-state index contributed by atoms with van der Waals surface area (Å²) in [6.07, 6.45) is 5.47. The summed E-state index contributed by atoms with van der Waals surface area (Å²) in [5.41, 5.74) is 1.81. The van der Waals surface area contributed by atoms with E-state index < -0.39 is 10.0 Å². The Labute approximate surface area is 197 Å². The summed E-state index contributed by atoms with van der Waals surface area (Å²) in [7, 11) is -3.70. The van der Waals surface area contributed by atoms with Crippen LogP contribution in [-0.4, -0.2) is 49.8 Å². The van der Waals surface area contributed by atoms with Crippen molar-refractivity contribution in [3.8, 4) is 0 Å². The van der Waals surface area contributed by atoms with Crippen LogP contribution in [-0.2, 0) is 16.6 Å². The van der Waals surface area contributed by atoms with Crippen LogP contribution < -0.4 is 10.2 Å². The molecule has 7 nitrogen and oxygen atoms in total. The molecule has 33 heavy (non-hydrogen) atoms. The van der Waals surface area contributed by atoms with Gasteiger partial charge in [-0.25, -0.2) is 8.42 Å². The maximum atomic E-state index is 13.7. The Kier molecular flexibility index (Phi) is 7.34. The summed E-state index contributed by atoms with van der Waals surface area (Å²) in [6, 6.07) is 10.6. The van der Waals surface area contributed by atoms with Gasteiger partial charge in [-0.05, 0) is 67.9 Å². The number of nitrogens with one attached hydrogen (secondary N) is 1. The fourth-order valence-corrected chi connectivity index (χ4v) is 6.22. The average molecular weight is 471 g/mol. The number of carbonyl (C=O) groups excluding carboxylic acids is 1. The second-order valence-electron chi connectivity index (χ2n) is 9.44. The van der Waals surface area contributed by atoms with Gasteiger partial charge in [0.15, 0.2) is 0 Å². The molecule has 4 rings (SSSR count). The first-order chi connectivity index (χ1) is 15.8. The lowest BCUT2D eigenvalue weighted by atomic mass is 9.98. The number of benzene rings is 1. The average Bonchev–Trinajstić information content (AvgIpc) is 2.83. The minimum Gasteiger partial charge on any atom is -0.370 e. The van der Waals surface area contributed by atoms with E-state index in [0.29, 0.717) is 36.2 Å². The number of piperidine rings is 2. The van der Waals surface area contributed by atoms with Crippen LogP contribution in [0.4, 0.5) is 5.69 Å². The number of hydrogen-bond donors (Lipinski definition) is 1. The van der Waals surface area contributed by atoms with Gasteiger partial charge in [0.2, 0.25) is 10.0 Å². The van der Waals surface area contributed by atoms with Crippen molar-refractivity contribution in [2.24, 2.45) is 11.8 Å². The molecular formula is C25H34N4O3S. The van der Waals surface area contributed by atoms with Crippen LogP contribution in [0.15, 0.2) is 47.5 Å². The highest BCUT2D eigenvalue weighted by Gasteiger charge is 2.32. The highest BCUT2D eigenvalue weighted by Crippen LogP contribution is 2.33. The molecule has 0 radical (unpaired) electrons. The van der Waals surface area contributed by atoms with E-state index >= 15 is 0 Å². The van der Waals surface area contributed by atoms with Crippen molar-refractivity contribution in [1.29, 1.82) is 0 Å². The lowest BCUT2D eigenvalue weighted by Crippen LogP contribution is -2.40. The standard InChI is InChI=1S/C25H34N4O3S/c1-19-8-13-28(14-9-19)23-7-6-21(25(30)27-18-22-5-3-4-12-26-22)17-24(23)33(31,32)29-15-10-20(2)11-16-29/h3-7,12,17,19-20H,8-11,13-16,18H2,1-2H3,(H,27,30). The van der Waals surface area contributed by atoms with Crippen molar-refractivity contribution in [2.45, 2.75) is 51.0 Å². The maximum absolute atomic E-state index is 13.7. The van der Waals surface area contributed by atoms with Crippen molar-refractivity contribution in [1.82, 2.24) is 14.6 Å². The summed E-state index contributed by atoms with van der Waals surface area (Å²) in [5.74, 6) is 0.868. The summed E-state index contributed by atoms with van der Waals surface area (Å²) in [6.45, 7) is 7.39. The van der Waals surface area contributed by atoms with Crippen molar-refractivity contribution in [3.05, 3.63) is 53.9 Å². The van der Waals surface area contributed by atoms with Crippen LogP contribution in [0.5, 0.6) is 0 Å². The number of amides is 1. The van der Waals surface area contributed by atoms with Crippen molar-refractivity contribution >= 4 is 21.6 Å². The molecule has 3 heterocycles. The summed E-state index contributed by atoms with van der Waals surface area (Å²) in [5, 5.41) is 2.86. The monoisotopic (exact) mass is 470 g/mol. The fraction of sp³-hybridized carbons (Fsp3) is 0.520. The number of rotatable bonds is 6. The van der Waals surface area contributed by atoms with Crippen LogP contribution in [0.3, 0.4) is 0 Å². The van der Waals surface area contributed by atoms with Gasteiger partial charge in [-0.3, -0.25) is 9.78 Å². The van der Waals surface area contributed by atoms with E-state index in [4.69, 9.17) is 0 Å². The molecular weight excluding hydrogens is 436 g/mol. The summed E-state index contributed by atoms with van der Waals surface area (Å²) < 4.78 is 29.1. The van der Waals surface area contributed by atoms with E-state index in [2.05, 4.69) is 29.0 Å². The van der Waals surface area contributed by atoms with Gasteiger partial charge in [0, 0.05) is 37.9 Å². The third-order valence-corrected chi connectivity index (χ3v) is 8.79. The predicted octanol–water partition coefficient (Wildman–Crippen LogP) is 3.67. The molecule has 0 saturated carbocycles. The highest BCUT2D eigenvalue weighted by molar-refractivity contribution is 7.89. The number of aromatic nitrogens is 1. The second kappa shape index (κ2) is 10.2. The van der Waals surface area contributed by atoms with Crippen LogP contribution >= 0.6 is 0 Å². The molecule has 0 spiro atoms. The molecule has 1 amide bonds. The molecule has 1 aromatic carbocycles. The molecule has 0 atom stereocenters. The van der Waals surface area contributed by atoms with E-state index in [9.17, 15) is 13.2 Å². The number of sulfonamides is 1. The Morgan fingerprint density at radius 3 is 2.30 bits per heavy atom. The van der Waals surface area contributed by atoms with Crippen molar-refractivity contribution in [2.75, 3.05) is 31.1 Å². The lowest BCUT2D eigenvalue weighted by molar-refractivity contribution is 0.0950. The summed E-state index contributed by atoms with van der Waals surface area (Å²) >= 11 is 0. The zero-order valence-electron chi connectivity index (χ0n) is 19.5. The topological polar surface area (TPSA) is 82.6 Å². The van der Waals surface area contributed by atoms with E-state index in [1.165, 1.54) is 0 Å². The smallest absolute Gasteiger partial charge is 0.251 e. The zero-order chi connectivity index (χ0) is 23.4. The molecule has 0 unspecified atom stereocenters. The van der Waals surface area contributed by atoms with Gasteiger partial charge in [0.05, 0.1) is 17.9 Å². The normalized spacial score (nSPS) is 18.9. The van der Waals surface area contributed by atoms with Gasteiger partial charge in [0.1, 0.15) is 4.90 Å². The Bertz CT molecular complexity index is 1060. The van der Waals surface area contributed by atoms with Gasteiger partial charge in [0.25, 0.3) is 5.91 Å². The molecule has 178 valence electrons. The van der Waals surface area contributed by atoms with Crippen LogP contribution in [0, 0.1) is 11.8 Å². The SMILES string of the molecule is CC1CCN(c2ccc(C(=O)NCc3ccccn3)cc2S(=O)(=O)N2CCC(C)CC2)CC1. The molecule has 2 fully saturated rings.